The minimum absolute atomic E-state index is 0.432. The van der Waals surface area contributed by atoms with E-state index in [0.717, 1.165) is 0 Å². The Labute approximate surface area is 64.7 Å². The lowest BCUT2D eigenvalue weighted by Gasteiger charge is -2.18. The zero-order valence-electron chi connectivity index (χ0n) is 6.32. The Morgan fingerprint density at radius 2 is 2.18 bits per heavy atom. The van der Waals surface area contributed by atoms with Crippen molar-refractivity contribution in [3.8, 4) is 0 Å². The minimum atomic E-state index is -1.19. The Kier molecular flexibility index (Phi) is 4.56. The number of aliphatic hydroxyl groups excluding tert-OH is 2. The first-order valence-electron chi connectivity index (χ1n) is 3.40. The number of aliphatic hydroxyl groups is 2. The Morgan fingerprint density at radius 3 is 2.45 bits per heavy atom. The van der Waals surface area contributed by atoms with E-state index in [1.54, 1.807) is 6.92 Å². The molecule has 0 radical (unpaired) electrons. The third-order valence-corrected chi connectivity index (χ3v) is 1.40. The van der Waals surface area contributed by atoms with Crippen LogP contribution >= 0.6 is 0 Å². The molecule has 4 N–H and O–H groups in total. The van der Waals surface area contributed by atoms with Crippen molar-refractivity contribution in [3.63, 3.8) is 0 Å². The van der Waals surface area contributed by atoms with Crippen LogP contribution in [0.3, 0.4) is 0 Å². The Morgan fingerprint density at radius 1 is 1.64 bits per heavy atom. The van der Waals surface area contributed by atoms with E-state index in [2.05, 4.69) is 5.32 Å². The molecule has 2 atom stereocenters. The van der Waals surface area contributed by atoms with E-state index in [-0.39, 0.29) is 0 Å². The van der Waals surface area contributed by atoms with E-state index < -0.39 is 24.8 Å². The summed E-state index contributed by atoms with van der Waals surface area (Å²) in [6, 6.07) is -0.586. The molecule has 0 spiro atoms. The summed E-state index contributed by atoms with van der Waals surface area (Å²) in [4.78, 5) is 10.1. The van der Waals surface area contributed by atoms with E-state index in [9.17, 15) is 4.79 Å². The fourth-order valence-corrected chi connectivity index (χ4v) is 0.756. The van der Waals surface area contributed by atoms with Crippen molar-refractivity contribution in [3.05, 3.63) is 0 Å². The van der Waals surface area contributed by atoms with Crippen molar-refractivity contribution in [1.82, 2.24) is 5.32 Å². The van der Waals surface area contributed by atoms with Crippen LogP contribution in [0.25, 0.3) is 0 Å². The quantitative estimate of drug-likeness (QED) is 0.445. The summed E-state index contributed by atoms with van der Waals surface area (Å²) >= 11 is 0. The van der Waals surface area contributed by atoms with Gasteiger partial charge in [0.05, 0.1) is 18.8 Å². The molecule has 0 saturated heterocycles. The zero-order valence-corrected chi connectivity index (χ0v) is 6.32. The standard InChI is InChI=1S/C6H13NO4/c1-2-4(5(9)3-8)7-6(10)11/h4-5,7-9H,2-3H2,1H3,(H,10,11). The van der Waals surface area contributed by atoms with Crippen molar-refractivity contribution in [2.45, 2.75) is 25.5 Å². The van der Waals surface area contributed by atoms with E-state index >= 15 is 0 Å². The van der Waals surface area contributed by atoms with Crippen LogP contribution in [-0.2, 0) is 0 Å². The molecule has 1 amide bonds. The molecular formula is C6H13NO4. The number of hydrogen-bond acceptors (Lipinski definition) is 3. The molecule has 0 aromatic carbocycles. The lowest BCUT2D eigenvalue weighted by Crippen LogP contribution is -2.43. The molecule has 0 fully saturated rings. The van der Waals surface area contributed by atoms with E-state index in [0.29, 0.717) is 6.42 Å². The maximum absolute atomic E-state index is 10.1. The van der Waals surface area contributed by atoms with Crippen LogP contribution in [0, 0.1) is 0 Å². The molecule has 0 aliphatic carbocycles. The van der Waals surface area contributed by atoms with Crippen molar-refractivity contribution >= 4 is 6.09 Å². The minimum Gasteiger partial charge on any atom is -0.465 e. The fourth-order valence-electron chi connectivity index (χ4n) is 0.756. The number of rotatable bonds is 4. The fraction of sp³-hybridized carbons (Fsp3) is 0.833. The maximum Gasteiger partial charge on any atom is 0.404 e. The van der Waals surface area contributed by atoms with Crippen molar-refractivity contribution in [1.29, 1.82) is 0 Å². The predicted octanol–water partition coefficient (Wildman–Crippen LogP) is -0.614. The Bertz CT molecular complexity index is 128. The lowest BCUT2D eigenvalue weighted by atomic mass is 10.1. The van der Waals surface area contributed by atoms with Crippen molar-refractivity contribution < 1.29 is 20.1 Å². The van der Waals surface area contributed by atoms with Crippen LogP contribution in [0.5, 0.6) is 0 Å². The first-order chi connectivity index (χ1) is 5.11. The SMILES string of the molecule is CCC(NC(=O)O)C(O)CO. The molecule has 66 valence electrons. The first-order valence-corrected chi connectivity index (χ1v) is 3.40. The summed E-state index contributed by atoms with van der Waals surface area (Å²) in [5.41, 5.74) is 0. The summed E-state index contributed by atoms with van der Waals surface area (Å²) in [6.07, 6.45) is -1.76. The van der Waals surface area contributed by atoms with Gasteiger partial charge in [0.15, 0.2) is 0 Å². The highest BCUT2D eigenvalue weighted by molar-refractivity contribution is 5.64. The van der Waals surface area contributed by atoms with Gasteiger partial charge in [-0.15, -0.1) is 0 Å². The van der Waals surface area contributed by atoms with Crippen molar-refractivity contribution in [2.75, 3.05) is 6.61 Å². The molecule has 0 aromatic heterocycles. The van der Waals surface area contributed by atoms with Gasteiger partial charge in [-0.05, 0) is 6.42 Å². The molecule has 0 aliphatic rings. The van der Waals surface area contributed by atoms with Crippen molar-refractivity contribution in [2.24, 2.45) is 0 Å². The van der Waals surface area contributed by atoms with Gasteiger partial charge in [-0.3, -0.25) is 0 Å². The largest absolute Gasteiger partial charge is 0.465 e. The van der Waals surface area contributed by atoms with Gasteiger partial charge in [-0.1, -0.05) is 6.92 Å². The number of hydrogen-bond donors (Lipinski definition) is 4. The van der Waals surface area contributed by atoms with Gasteiger partial charge in [0.2, 0.25) is 0 Å². The molecule has 5 heteroatoms. The maximum atomic E-state index is 10.1. The molecule has 2 unspecified atom stereocenters. The monoisotopic (exact) mass is 163 g/mol. The number of nitrogens with one attached hydrogen (secondary N) is 1. The lowest BCUT2D eigenvalue weighted by molar-refractivity contribution is 0.0610. The van der Waals surface area contributed by atoms with Crippen LogP contribution in [0.15, 0.2) is 0 Å². The summed E-state index contributed by atoms with van der Waals surface area (Å²) in [6.45, 7) is 1.29. The van der Waals surface area contributed by atoms with Crippen LogP contribution in [0.2, 0.25) is 0 Å². The average Bonchev–Trinajstić information content (AvgIpc) is 1.98. The van der Waals surface area contributed by atoms with Gasteiger partial charge in [0, 0.05) is 0 Å². The summed E-state index contributed by atoms with van der Waals surface area (Å²) in [5, 5.41) is 27.8. The molecule has 0 heterocycles. The second-order valence-corrected chi connectivity index (χ2v) is 2.21. The smallest absolute Gasteiger partial charge is 0.404 e. The zero-order chi connectivity index (χ0) is 8.85. The van der Waals surface area contributed by atoms with Crippen LogP contribution in [-0.4, -0.2) is 40.2 Å². The van der Waals surface area contributed by atoms with Gasteiger partial charge >= 0.3 is 6.09 Å². The van der Waals surface area contributed by atoms with Crippen LogP contribution < -0.4 is 5.32 Å². The van der Waals surface area contributed by atoms with Crippen LogP contribution in [0.1, 0.15) is 13.3 Å². The Balaban J connectivity index is 3.84. The third-order valence-electron chi connectivity index (χ3n) is 1.40. The predicted molar refractivity (Wildman–Crippen MR) is 38.3 cm³/mol. The number of carbonyl (C=O) groups is 1. The van der Waals surface area contributed by atoms with Gasteiger partial charge < -0.3 is 20.6 Å². The topological polar surface area (TPSA) is 89.8 Å². The molecule has 0 aromatic rings. The highest BCUT2D eigenvalue weighted by atomic mass is 16.4. The molecule has 0 bridgehead atoms. The second kappa shape index (κ2) is 4.92. The first kappa shape index (κ1) is 10.2. The normalized spacial score (nSPS) is 15.5. The molecule has 0 aliphatic heterocycles. The second-order valence-electron chi connectivity index (χ2n) is 2.21. The van der Waals surface area contributed by atoms with Gasteiger partial charge in [-0.2, -0.15) is 0 Å². The van der Waals surface area contributed by atoms with Gasteiger partial charge in [-0.25, -0.2) is 4.79 Å². The summed E-state index contributed by atoms with van der Waals surface area (Å²) in [7, 11) is 0. The highest BCUT2D eigenvalue weighted by Crippen LogP contribution is 1.97. The van der Waals surface area contributed by atoms with Crippen LogP contribution in [0.4, 0.5) is 4.79 Å². The molecule has 0 saturated carbocycles. The summed E-state index contributed by atoms with van der Waals surface area (Å²) < 4.78 is 0. The Hall–Kier alpha value is -0.810. The van der Waals surface area contributed by atoms with Gasteiger partial charge in [0.1, 0.15) is 0 Å². The highest BCUT2D eigenvalue weighted by Gasteiger charge is 2.17. The number of amides is 1. The average molecular weight is 163 g/mol. The van der Waals surface area contributed by atoms with Gasteiger partial charge in [0.25, 0.3) is 0 Å². The summed E-state index contributed by atoms with van der Waals surface area (Å²) in [5.74, 6) is 0. The molecule has 11 heavy (non-hydrogen) atoms. The van der Waals surface area contributed by atoms with E-state index in [1.807, 2.05) is 0 Å². The number of carboxylic acid groups (broad SMARTS) is 1. The molecular weight excluding hydrogens is 150 g/mol. The third kappa shape index (κ3) is 3.79. The molecule has 5 nitrogen and oxygen atoms in total. The van der Waals surface area contributed by atoms with E-state index in [4.69, 9.17) is 15.3 Å². The van der Waals surface area contributed by atoms with E-state index in [1.165, 1.54) is 0 Å². The molecule has 0 rings (SSSR count).